The predicted molar refractivity (Wildman–Crippen MR) is 65.3 cm³/mol. The second kappa shape index (κ2) is 4.14. The fraction of sp³-hybridized carbons (Fsp3) is 0.846. The van der Waals surface area contributed by atoms with E-state index in [4.69, 9.17) is 4.74 Å². The van der Waals surface area contributed by atoms with Crippen molar-refractivity contribution in [1.82, 2.24) is 4.90 Å². The molecule has 2 aliphatic heterocycles. The Hall–Kier alpha value is -1.26. The van der Waals surface area contributed by atoms with Gasteiger partial charge in [-0.25, -0.2) is 9.59 Å². The smallest absolute Gasteiger partial charge is 0.411 e. The van der Waals surface area contributed by atoms with Crippen LogP contribution in [0.3, 0.4) is 0 Å². The molecule has 3 aliphatic rings. The van der Waals surface area contributed by atoms with Gasteiger partial charge in [-0.3, -0.25) is 4.90 Å². The van der Waals surface area contributed by atoms with Gasteiger partial charge in [0.25, 0.3) is 0 Å². The normalized spacial score (nSPS) is 31.3. The molecule has 102 valence electrons. The minimum Gasteiger partial charge on any atom is -0.479 e. The number of carbonyl (C=O) groups excluding carboxylic acids is 1. The van der Waals surface area contributed by atoms with E-state index in [1.165, 1.54) is 4.90 Å². The molecule has 5 nitrogen and oxygen atoms in total. The quantitative estimate of drug-likeness (QED) is 0.780. The number of carboxylic acid groups (broad SMARTS) is 1. The number of carbonyl (C=O) groups is 2. The summed E-state index contributed by atoms with van der Waals surface area (Å²) in [5.41, 5.74) is -1.62. The zero-order valence-electron chi connectivity index (χ0n) is 11.2. The molecule has 0 aromatic carbocycles. The van der Waals surface area contributed by atoms with Crippen molar-refractivity contribution in [3.8, 4) is 0 Å². The molecule has 3 fully saturated rings. The van der Waals surface area contributed by atoms with Gasteiger partial charge in [0.1, 0.15) is 11.1 Å². The van der Waals surface area contributed by atoms with E-state index in [2.05, 4.69) is 0 Å². The van der Waals surface area contributed by atoms with Crippen molar-refractivity contribution in [3.05, 3.63) is 0 Å². The summed E-state index contributed by atoms with van der Waals surface area (Å²) >= 11 is 0. The number of hydrogen-bond donors (Lipinski definition) is 1. The highest BCUT2D eigenvalue weighted by molar-refractivity contribution is 5.85. The number of carboxylic acids is 1. The third-order valence-corrected chi connectivity index (χ3v) is 3.90. The van der Waals surface area contributed by atoms with Crippen LogP contribution >= 0.6 is 0 Å². The van der Waals surface area contributed by atoms with E-state index in [0.29, 0.717) is 25.3 Å². The zero-order valence-corrected chi connectivity index (χ0v) is 11.2. The molecule has 5 heteroatoms. The summed E-state index contributed by atoms with van der Waals surface area (Å²) in [6.07, 6.45) is 2.39. The topological polar surface area (TPSA) is 66.8 Å². The Bertz CT molecular complexity index is 364. The SMILES string of the molecule is CC(C)(C)OC(=O)N1CC2CCC1(C(=O)O)CC2. The van der Waals surface area contributed by atoms with E-state index in [-0.39, 0.29) is 0 Å². The number of nitrogens with zero attached hydrogens (tertiary/aromatic N) is 1. The standard InChI is InChI=1S/C13H21NO4/c1-12(2,3)18-11(17)14-8-9-4-6-13(14,7-5-9)10(15)16/h9H,4-8H2,1-3H3,(H,15,16). The first-order valence-corrected chi connectivity index (χ1v) is 6.49. The highest BCUT2D eigenvalue weighted by Crippen LogP contribution is 2.43. The molecule has 0 atom stereocenters. The van der Waals surface area contributed by atoms with Gasteiger partial charge in [-0.15, -0.1) is 0 Å². The van der Waals surface area contributed by atoms with Crippen LogP contribution in [0, 0.1) is 5.92 Å². The molecule has 1 saturated carbocycles. The summed E-state index contributed by atoms with van der Waals surface area (Å²) in [5.74, 6) is -0.467. The van der Waals surface area contributed by atoms with Crippen LogP contribution in [0.15, 0.2) is 0 Å². The second-order valence-corrected chi connectivity index (χ2v) is 6.37. The molecule has 0 unspecified atom stereocenters. The van der Waals surface area contributed by atoms with Gasteiger partial charge in [-0.1, -0.05) is 0 Å². The van der Waals surface area contributed by atoms with Gasteiger partial charge in [0.15, 0.2) is 0 Å². The maximum atomic E-state index is 12.2. The molecule has 3 rings (SSSR count). The first-order chi connectivity index (χ1) is 8.24. The van der Waals surface area contributed by atoms with Crippen molar-refractivity contribution in [2.75, 3.05) is 6.54 Å². The number of amides is 1. The molecule has 0 aromatic heterocycles. The maximum Gasteiger partial charge on any atom is 0.411 e. The largest absolute Gasteiger partial charge is 0.479 e. The fourth-order valence-corrected chi connectivity index (χ4v) is 2.94. The van der Waals surface area contributed by atoms with E-state index in [9.17, 15) is 14.7 Å². The van der Waals surface area contributed by atoms with Gasteiger partial charge in [-0.2, -0.15) is 0 Å². The Balaban J connectivity index is 2.21. The Morgan fingerprint density at radius 1 is 1.28 bits per heavy atom. The molecular formula is C13H21NO4. The van der Waals surface area contributed by atoms with Crippen molar-refractivity contribution < 1.29 is 19.4 Å². The Morgan fingerprint density at radius 3 is 2.28 bits per heavy atom. The lowest BCUT2D eigenvalue weighted by molar-refractivity contribution is -0.160. The van der Waals surface area contributed by atoms with Gasteiger partial charge in [0, 0.05) is 6.54 Å². The van der Waals surface area contributed by atoms with Crippen molar-refractivity contribution in [2.45, 2.75) is 57.6 Å². The van der Waals surface area contributed by atoms with Crippen molar-refractivity contribution in [3.63, 3.8) is 0 Å². The number of piperidine rings is 2. The molecule has 1 aliphatic carbocycles. The van der Waals surface area contributed by atoms with Crippen LogP contribution in [0.4, 0.5) is 4.79 Å². The molecule has 2 saturated heterocycles. The van der Waals surface area contributed by atoms with Crippen molar-refractivity contribution >= 4 is 12.1 Å². The van der Waals surface area contributed by atoms with E-state index >= 15 is 0 Å². The van der Waals surface area contributed by atoms with Crippen molar-refractivity contribution in [1.29, 1.82) is 0 Å². The van der Waals surface area contributed by atoms with Gasteiger partial charge >= 0.3 is 12.1 Å². The summed E-state index contributed by atoms with van der Waals surface area (Å²) in [5, 5.41) is 9.48. The summed E-state index contributed by atoms with van der Waals surface area (Å²) in [4.78, 5) is 25.2. The minimum atomic E-state index is -1.03. The van der Waals surface area contributed by atoms with Crippen LogP contribution in [-0.4, -0.2) is 39.8 Å². The maximum absolute atomic E-state index is 12.2. The lowest BCUT2D eigenvalue weighted by Crippen LogP contribution is -2.64. The number of aliphatic carboxylic acids is 1. The van der Waals surface area contributed by atoms with Gasteiger partial charge < -0.3 is 9.84 Å². The Morgan fingerprint density at radius 2 is 1.83 bits per heavy atom. The summed E-state index contributed by atoms with van der Waals surface area (Å²) in [6.45, 7) is 5.89. The molecule has 2 bridgehead atoms. The lowest BCUT2D eigenvalue weighted by atomic mass is 9.70. The zero-order chi connectivity index (χ0) is 13.6. The molecule has 18 heavy (non-hydrogen) atoms. The Labute approximate surface area is 107 Å². The number of rotatable bonds is 1. The van der Waals surface area contributed by atoms with Crippen LogP contribution in [-0.2, 0) is 9.53 Å². The molecule has 1 amide bonds. The van der Waals surface area contributed by atoms with E-state index < -0.39 is 23.2 Å². The minimum absolute atomic E-state index is 0.429. The highest BCUT2D eigenvalue weighted by atomic mass is 16.6. The third-order valence-electron chi connectivity index (χ3n) is 3.90. The summed E-state index contributed by atoms with van der Waals surface area (Å²) in [6, 6.07) is 0. The Kier molecular flexibility index (Phi) is 3.03. The number of fused-ring (bicyclic) bond motifs is 3. The van der Waals surface area contributed by atoms with Crippen LogP contribution < -0.4 is 0 Å². The lowest BCUT2D eigenvalue weighted by Gasteiger charge is -2.51. The van der Waals surface area contributed by atoms with E-state index in [1.54, 1.807) is 20.8 Å². The average Bonchev–Trinajstić information content (AvgIpc) is 2.28. The van der Waals surface area contributed by atoms with E-state index in [1.807, 2.05) is 0 Å². The van der Waals surface area contributed by atoms with Gasteiger partial charge in [-0.05, 0) is 52.4 Å². The van der Waals surface area contributed by atoms with E-state index in [0.717, 1.165) is 12.8 Å². The first-order valence-electron chi connectivity index (χ1n) is 6.49. The fourth-order valence-electron chi connectivity index (χ4n) is 2.94. The summed E-state index contributed by atoms with van der Waals surface area (Å²) in [7, 11) is 0. The summed E-state index contributed by atoms with van der Waals surface area (Å²) < 4.78 is 5.33. The monoisotopic (exact) mass is 255 g/mol. The average molecular weight is 255 g/mol. The van der Waals surface area contributed by atoms with Crippen LogP contribution in [0.2, 0.25) is 0 Å². The highest BCUT2D eigenvalue weighted by Gasteiger charge is 2.54. The van der Waals surface area contributed by atoms with Gasteiger partial charge in [0.2, 0.25) is 0 Å². The molecule has 1 N–H and O–H groups in total. The first kappa shape index (κ1) is 13.2. The number of hydrogen-bond acceptors (Lipinski definition) is 3. The molecular weight excluding hydrogens is 234 g/mol. The molecule has 0 aromatic rings. The van der Waals surface area contributed by atoms with Crippen molar-refractivity contribution in [2.24, 2.45) is 5.92 Å². The third kappa shape index (κ3) is 2.18. The molecule has 0 spiro atoms. The molecule has 2 heterocycles. The van der Waals surface area contributed by atoms with Gasteiger partial charge in [0.05, 0.1) is 0 Å². The van der Waals surface area contributed by atoms with Crippen LogP contribution in [0.5, 0.6) is 0 Å². The van der Waals surface area contributed by atoms with Crippen LogP contribution in [0.1, 0.15) is 46.5 Å². The number of ether oxygens (including phenoxy) is 1. The second-order valence-electron chi connectivity index (χ2n) is 6.37. The predicted octanol–water partition coefficient (Wildman–Crippen LogP) is 2.25. The van der Waals surface area contributed by atoms with Crippen LogP contribution in [0.25, 0.3) is 0 Å². The molecule has 0 radical (unpaired) electrons.